The summed E-state index contributed by atoms with van der Waals surface area (Å²) in [6, 6.07) is 5.98. The summed E-state index contributed by atoms with van der Waals surface area (Å²) in [4.78, 5) is 8.81. The fourth-order valence-corrected chi connectivity index (χ4v) is 1.97. The van der Waals surface area contributed by atoms with Crippen LogP contribution in [0.25, 0.3) is 10.9 Å². The second-order valence-electron chi connectivity index (χ2n) is 4.26. The topological polar surface area (TPSA) is 37.8 Å². The lowest BCUT2D eigenvalue weighted by Gasteiger charge is -2.10. The number of halogens is 1. The van der Waals surface area contributed by atoms with Gasteiger partial charge in [-0.3, -0.25) is 0 Å². The maximum absolute atomic E-state index is 4.49. The summed E-state index contributed by atoms with van der Waals surface area (Å²) in [5, 5.41) is 4.31. The van der Waals surface area contributed by atoms with Crippen LogP contribution in [0.1, 0.15) is 20.3 Å². The van der Waals surface area contributed by atoms with Crippen molar-refractivity contribution in [2.24, 2.45) is 5.92 Å². The summed E-state index contributed by atoms with van der Waals surface area (Å²) >= 11 is 3.49. The Morgan fingerprint density at radius 2 is 2.24 bits per heavy atom. The van der Waals surface area contributed by atoms with E-state index in [2.05, 4.69) is 45.1 Å². The summed E-state index contributed by atoms with van der Waals surface area (Å²) in [5.74, 6) is 1.34. The van der Waals surface area contributed by atoms with Crippen molar-refractivity contribution < 1.29 is 0 Å². The molecular weight excluding hydrogens is 278 g/mol. The first-order valence-corrected chi connectivity index (χ1v) is 6.65. The molecule has 1 atom stereocenters. The molecule has 1 heterocycles. The van der Waals surface area contributed by atoms with Gasteiger partial charge in [0.15, 0.2) is 0 Å². The molecule has 1 aromatic heterocycles. The number of hydrogen-bond donors (Lipinski definition) is 1. The second-order valence-corrected chi connectivity index (χ2v) is 5.11. The van der Waals surface area contributed by atoms with E-state index < -0.39 is 0 Å². The number of fused-ring (bicyclic) bond motifs is 1. The minimum Gasteiger partial charge on any atom is -0.354 e. The zero-order valence-corrected chi connectivity index (χ0v) is 11.7. The van der Waals surface area contributed by atoms with Gasteiger partial charge in [0, 0.05) is 22.6 Å². The van der Waals surface area contributed by atoms with Crippen molar-refractivity contribution in [3.05, 3.63) is 28.9 Å². The van der Waals surface area contributed by atoms with Crippen LogP contribution >= 0.6 is 15.9 Å². The molecule has 0 aliphatic heterocycles. The SMILES string of the molecule is CCC(C)CNc1ncc2c(Br)cccc2n1. The van der Waals surface area contributed by atoms with E-state index >= 15 is 0 Å². The predicted molar refractivity (Wildman–Crippen MR) is 75.2 cm³/mol. The van der Waals surface area contributed by atoms with E-state index in [1.54, 1.807) is 0 Å². The summed E-state index contributed by atoms with van der Waals surface area (Å²) in [5.41, 5.74) is 0.959. The van der Waals surface area contributed by atoms with Crippen LogP contribution in [0.4, 0.5) is 5.95 Å². The molecule has 90 valence electrons. The first-order valence-electron chi connectivity index (χ1n) is 5.86. The van der Waals surface area contributed by atoms with E-state index in [-0.39, 0.29) is 0 Å². The largest absolute Gasteiger partial charge is 0.354 e. The third kappa shape index (κ3) is 2.94. The third-order valence-electron chi connectivity index (χ3n) is 2.88. The highest BCUT2D eigenvalue weighted by atomic mass is 79.9. The molecular formula is C13H16BrN3. The fraction of sp³-hybridized carbons (Fsp3) is 0.385. The van der Waals surface area contributed by atoms with Crippen molar-refractivity contribution in [1.82, 2.24) is 9.97 Å². The van der Waals surface area contributed by atoms with Crippen LogP contribution < -0.4 is 5.32 Å². The Morgan fingerprint density at radius 1 is 1.41 bits per heavy atom. The first kappa shape index (κ1) is 12.3. The van der Waals surface area contributed by atoms with Crippen LogP contribution in [0.15, 0.2) is 28.9 Å². The molecule has 0 aliphatic rings. The van der Waals surface area contributed by atoms with E-state index in [1.807, 2.05) is 24.4 Å². The van der Waals surface area contributed by atoms with Crippen LogP contribution in [0.2, 0.25) is 0 Å². The van der Waals surface area contributed by atoms with Gasteiger partial charge in [0.1, 0.15) is 0 Å². The molecule has 0 bridgehead atoms. The standard InChI is InChI=1S/C13H16BrN3/c1-3-9(2)7-15-13-16-8-10-11(14)5-4-6-12(10)17-13/h4-6,8-9H,3,7H2,1-2H3,(H,15,16,17). The zero-order chi connectivity index (χ0) is 12.3. The van der Waals surface area contributed by atoms with Gasteiger partial charge in [-0.25, -0.2) is 9.97 Å². The zero-order valence-electron chi connectivity index (χ0n) is 10.1. The number of anilines is 1. The van der Waals surface area contributed by atoms with Gasteiger partial charge in [-0.05, 0) is 18.1 Å². The molecule has 1 aromatic carbocycles. The lowest BCUT2D eigenvalue weighted by Crippen LogP contribution is -2.12. The molecule has 17 heavy (non-hydrogen) atoms. The maximum Gasteiger partial charge on any atom is 0.223 e. The van der Waals surface area contributed by atoms with Gasteiger partial charge in [-0.1, -0.05) is 42.3 Å². The van der Waals surface area contributed by atoms with Crippen molar-refractivity contribution >= 4 is 32.8 Å². The summed E-state index contributed by atoms with van der Waals surface area (Å²) in [6.45, 7) is 5.31. The smallest absolute Gasteiger partial charge is 0.223 e. The van der Waals surface area contributed by atoms with Crippen LogP contribution in [0.3, 0.4) is 0 Å². The van der Waals surface area contributed by atoms with Gasteiger partial charge >= 0.3 is 0 Å². The van der Waals surface area contributed by atoms with Crippen molar-refractivity contribution in [3.63, 3.8) is 0 Å². The molecule has 4 heteroatoms. The Bertz CT molecular complexity index is 513. The molecule has 2 rings (SSSR count). The molecule has 0 spiro atoms. The van der Waals surface area contributed by atoms with Crippen LogP contribution in [-0.4, -0.2) is 16.5 Å². The number of hydrogen-bond acceptors (Lipinski definition) is 3. The monoisotopic (exact) mass is 293 g/mol. The van der Waals surface area contributed by atoms with Gasteiger partial charge in [-0.15, -0.1) is 0 Å². The Kier molecular flexibility index (Phi) is 3.94. The normalized spacial score (nSPS) is 12.6. The molecule has 0 aliphatic carbocycles. The van der Waals surface area contributed by atoms with Crippen molar-refractivity contribution in [2.45, 2.75) is 20.3 Å². The minimum atomic E-state index is 0.636. The van der Waals surface area contributed by atoms with Crippen LogP contribution in [0.5, 0.6) is 0 Å². The summed E-state index contributed by atoms with van der Waals surface area (Å²) < 4.78 is 1.03. The van der Waals surface area contributed by atoms with Crippen LogP contribution in [0, 0.1) is 5.92 Å². The van der Waals surface area contributed by atoms with Gasteiger partial charge < -0.3 is 5.32 Å². The predicted octanol–water partition coefficient (Wildman–Crippen LogP) is 3.85. The highest BCUT2D eigenvalue weighted by Crippen LogP contribution is 2.22. The van der Waals surface area contributed by atoms with E-state index in [4.69, 9.17) is 0 Å². The third-order valence-corrected chi connectivity index (χ3v) is 3.57. The quantitative estimate of drug-likeness (QED) is 0.930. The Balaban J connectivity index is 2.20. The van der Waals surface area contributed by atoms with Crippen molar-refractivity contribution in [3.8, 4) is 0 Å². The molecule has 2 aromatic rings. The number of aromatic nitrogens is 2. The highest BCUT2D eigenvalue weighted by Gasteiger charge is 2.03. The summed E-state index contributed by atoms with van der Waals surface area (Å²) in [6.07, 6.45) is 3.01. The van der Waals surface area contributed by atoms with Gasteiger partial charge in [0.2, 0.25) is 5.95 Å². The van der Waals surface area contributed by atoms with E-state index in [1.165, 1.54) is 0 Å². The van der Waals surface area contributed by atoms with Gasteiger partial charge in [0.05, 0.1) is 5.52 Å². The number of rotatable bonds is 4. The molecule has 0 saturated heterocycles. The van der Waals surface area contributed by atoms with E-state index in [0.717, 1.165) is 28.3 Å². The highest BCUT2D eigenvalue weighted by molar-refractivity contribution is 9.10. The molecule has 1 N–H and O–H groups in total. The molecule has 1 unspecified atom stereocenters. The molecule has 3 nitrogen and oxygen atoms in total. The molecule has 0 amide bonds. The van der Waals surface area contributed by atoms with E-state index in [9.17, 15) is 0 Å². The minimum absolute atomic E-state index is 0.636. The Hall–Kier alpha value is -1.16. The maximum atomic E-state index is 4.49. The Labute approximate surface area is 110 Å². The molecule has 0 saturated carbocycles. The van der Waals surface area contributed by atoms with E-state index in [0.29, 0.717) is 11.9 Å². The first-order chi connectivity index (χ1) is 8.20. The number of nitrogens with zero attached hydrogens (tertiary/aromatic N) is 2. The average Bonchev–Trinajstić information content (AvgIpc) is 2.36. The summed E-state index contributed by atoms with van der Waals surface area (Å²) in [7, 11) is 0. The second kappa shape index (κ2) is 5.45. The Morgan fingerprint density at radius 3 is 3.00 bits per heavy atom. The number of nitrogens with one attached hydrogen (secondary N) is 1. The van der Waals surface area contributed by atoms with Crippen molar-refractivity contribution in [2.75, 3.05) is 11.9 Å². The average molecular weight is 294 g/mol. The van der Waals surface area contributed by atoms with Gasteiger partial charge in [-0.2, -0.15) is 0 Å². The fourth-order valence-electron chi connectivity index (χ4n) is 1.51. The van der Waals surface area contributed by atoms with Gasteiger partial charge in [0.25, 0.3) is 0 Å². The van der Waals surface area contributed by atoms with Crippen LogP contribution in [-0.2, 0) is 0 Å². The number of benzene rings is 1. The molecule has 0 fully saturated rings. The lowest BCUT2D eigenvalue weighted by molar-refractivity contribution is 0.591. The van der Waals surface area contributed by atoms with Crippen molar-refractivity contribution in [1.29, 1.82) is 0 Å². The lowest BCUT2D eigenvalue weighted by atomic mass is 10.1. The molecule has 0 radical (unpaired) electrons.